The summed E-state index contributed by atoms with van der Waals surface area (Å²) in [5.41, 5.74) is -1.07. The topological polar surface area (TPSA) is 46.9 Å². The standard InChI is InChI=1S/C12H21N2O/c1-10(2,9-13)8-12(5)7-6-11(3,4)14(12)15/h6-8H2,1-5H3. The van der Waals surface area contributed by atoms with Crippen LogP contribution >= 0.6 is 0 Å². The SMILES string of the molecule is CC(C)(C#N)CC1(C)CCC(C)(C)N1[O]. The van der Waals surface area contributed by atoms with Crippen molar-refractivity contribution in [3.05, 3.63) is 0 Å². The van der Waals surface area contributed by atoms with Gasteiger partial charge in [0.2, 0.25) is 0 Å². The van der Waals surface area contributed by atoms with Crippen molar-refractivity contribution in [2.45, 2.75) is 65.0 Å². The predicted octanol–water partition coefficient (Wildman–Crippen LogP) is 2.90. The molecule has 0 aromatic rings. The maximum absolute atomic E-state index is 12.1. The first kappa shape index (κ1) is 12.5. The van der Waals surface area contributed by atoms with E-state index in [4.69, 9.17) is 5.26 Å². The fourth-order valence-corrected chi connectivity index (χ4v) is 2.66. The second kappa shape index (κ2) is 3.47. The van der Waals surface area contributed by atoms with Crippen LogP contribution in [0.2, 0.25) is 0 Å². The number of hydroxylamine groups is 2. The third kappa shape index (κ3) is 2.32. The molecular formula is C12H21N2O. The van der Waals surface area contributed by atoms with Crippen molar-refractivity contribution >= 4 is 0 Å². The van der Waals surface area contributed by atoms with Gasteiger partial charge >= 0.3 is 0 Å². The van der Waals surface area contributed by atoms with Crippen molar-refractivity contribution in [3.63, 3.8) is 0 Å². The molecule has 0 saturated carbocycles. The highest BCUT2D eigenvalue weighted by Gasteiger charge is 2.50. The summed E-state index contributed by atoms with van der Waals surface area (Å²) in [7, 11) is 0. The Morgan fingerprint density at radius 3 is 2.20 bits per heavy atom. The molecule has 1 aliphatic heterocycles. The predicted molar refractivity (Wildman–Crippen MR) is 58.3 cm³/mol. The molecule has 1 atom stereocenters. The molecule has 1 rings (SSSR count). The third-order valence-electron chi connectivity index (χ3n) is 3.44. The van der Waals surface area contributed by atoms with Crippen molar-refractivity contribution in [2.24, 2.45) is 5.41 Å². The third-order valence-corrected chi connectivity index (χ3v) is 3.44. The van der Waals surface area contributed by atoms with E-state index in [1.54, 1.807) is 0 Å². The molecule has 1 unspecified atom stereocenters. The van der Waals surface area contributed by atoms with Crippen LogP contribution in [0.4, 0.5) is 0 Å². The largest absolute Gasteiger partial charge is 0.198 e. The first-order valence-electron chi connectivity index (χ1n) is 5.52. The molecule has 3 heteroatoms. The van der Waals surface area contributed by atoms with E-state index in [2.05, 4.69) is 6.07 Å². The Bertz CT molecular complexity index is 290. The van der Waals surface area contributed by atoms with E-state index in [-0.39, 0.29) is 11.1 Å². The van der Waals surface area contributed by atoms with Crippen molar-refractivity contribution < 1.29 is 5.21 Å². The summed E-state index contributed by atoms with van der Waals surface area (Å²) in [5.74, 6) is 0. The van der Waals surface area contributed by atoms with E-state index >= 15 is 0 Å². The van der Waals surface area contributed by atoms with Crippen molar-refractivity contribution in [1.82, 2.24) is 5.06 Å². The fraction of sp³-hybridized carbons (Fsp3) is 0.917. The lowest BCUT2D eigenvalue weighted by Gasteiger charge is -2.37. The maximum atomic E-state index is 12.1. The first-order valence-corrected chi connectivity index (χ1v) is 5.52. The molecule has 1 aliphatic rings. The number of hydrogen-bond donors (Lipinski definition) is 0. The minimum Gasteiger partial charge on any atom is -0.198 e. The van der Waals surface area contributed by atoms with Crippen LogP contribution in [0.3, 0.4) is 0 Å². The van der Waals surface area contributed by atoms with Gasteiger partial charge in [-0.25, -0.2) is 0 Å². The zero-order valence-corrected chi connectivity index (χ0v) is 10.4. The van der Waals surface area contributed by atoms with E-state index in [1.807, 2.05) is 34.6 Å². The van der Waals surface area contributed by atoms with Gasteiger partial charge in [-0.15, -0.1) is 10.3 Å². The van der Waals surface area contributed by atoms with Gasteiger partial charge in [-0.05, 0) is 53.9 Å². The Labute approximate surface area is 92.6 Å². The van der Waals surface area contributed by atoms with Crippen molar-refractivity contribution in [1.29, 1.82) is 5.26 Å². The first-order chi connectivity index (χ1) is 6.63. The summed E-state index contributed by atoms with van der Waals surface area (Å²) < 4.78 is 0. The van der Waals surface area contributed by atoms with Crippen LogP contribution in [0.5, 0.6) is 0 Å². The highest BCUT2D eigenvalue weighted by molar-refractivity contribution is 5.05. The Balaban J connectivity index is 2.84. The summed E-state index contributed by atoms with van der Waals surface area (Å²) in [6.07, 6.45) is 2.44. The van der Waals surface area contributed by atoms with Crippen LogP contribution in [-0.4, -0.2) is 16.1 Å². The van der Waals surface area contributed by atoms with Gasteiger partial charge in [-0.3, -0.25) is 0 Å². The van der Waals surface area contributed by atoms with E-state index in [1.165, 1.54) is 5.06 Å². The Hall–Kier alpha value is -0.590. The lowest BCUT2D eigenvalue weighted by molar-refractivity contribution is -0.253. The number of nitriles is 1. The molecule has 0 aromatic carbocycles. The zero-order chi connectivity index (χ0) is 11.9. The molecule has 1 radical (unpaired) electrons. The fourth-order valence-electron chi connectivity index (χ4n) is 2.66. The number of nitrogens with zero attached hydrogens (tertiary/aromatic N) is 2. The van der Waals surface area contributed by atoms with E-state index < -0.39 is 5.41 Å². The summed E-state index contributed by atoms with van der Waals surface area (Å²) in [6.45, 7) is 9.73. The van der Waals surface area contributed by atoms with Gasteiger partial charge in [-0.1, -0.05) is 0 Å². The number of hydrogen-bond acceptors (Lipinski definition) is 2. The van der Waals surface area contributed by atoms with E-state index in [0.29, 0.717) is 6.42 Å². The van der Waals surface area contributed by atoms with E-state index in [0.717, 1.165) is 12.8 Å². The lowest BCUT2D eigenvalue weighted by atomic mass is 9.79. The summed E-state index contributed by atoms with van der Waals surface area (Å²) >= 11 is 0. The molecule has 1 heterocycles. The average molecular weight is 209 g/mol. The molecular weight excluding hydrogens is 188 g/mol. The van der Waals surface area contributed by atoms with Gasteiger partial charge in [0, 0.05) is 11.1 Å². The minimum absolute atomic E-state index is 0.277. The molecule has 0 N–H and O–H groups in total. The molecule has 15 heavy (non-hydrogen) atoms. The molecule has 0 bridgehead atoms. The van der Waals surface area contributed by atoms with E-state index in [9.17, 15) is 5.21 Å². The monoisotopic (exact) mass is 209 g/mol. The Morgan fingerprint density at radius 2 is 1.87 bits per heavy atom. The quantitative estimate of drug-likeness (QED) is 0.702. The second-order valence-electron chi connectivity index (χ2n) is 6.28. The smallest absolute Gasteiger partial charge is 0.0684 e. The summed E-state index contributed by atoms with van der Waals surface area (Å²) in [4.78, 5) is 0. The highest BCUT2D eigenvalue weighted by atomic mass is 16.5. The summed E-state index contributed by atoms with van der Waals surface area (Å²) in [6, 6.07) is 2.28. The molecule has 0 amide bonds. The van der Waals surface area contributed by atoms with Crippen LogP contribution < -0.4 is 0 Å². The van der Waals surface area contributed by atoms with Gasteiger partial charge in [0.15, 0.2) is 0 Å². The molecule has 0 spiro atoms. The Kier molecular flexibility index (Phi) is 2.88. The minimum atomic E-state index is -0.419. The molecule has 1 fully saturated rings. The molecule has 3 nitrogen and oxygen atoms in total. The van der Waals surface area contributed by atoms with Crippen molar-refractivity contribution in [3.8, 4) is 6.07 Å². The van der Waals surface area contributed by atoms with Gasteiger partial charge < -0.3 is 0 Å². The van der Waals surface area contributed by atoms with Gasteiger partial charge in [0.25, 0.3) is 0 Å². The maximum Gasteiger partial charge on any atom is 0.0684 e. The molecule has 0 aromatic heterocycles. The molecule has 85 valence electrons. The lowest BCUT2D eigenvalue weighted by Crippen LogP contribution is -2.48. The summed E-state index contributed by atoms with van der Waals surface area (Å²) in [5, 5.41) is 22.4. The Morgan fingerprint density at radius 1 is 1.33 bits per heavy atom. The second-order valence-corrected chi connectivity index (χ2v) is 6.28. The van der Waals surface area contributed by atoms with Crippen LogP contribution in [0.1, 0.15) is 53.9 Å². The zero-order valence-electron chi connectivity index (χ0n) is 10.4. The number of rotatable bonds is 2. The van der Waals surface area contributed by atoms with Gasteiger partial charge in [0.05, 0.1) is 11.5 Å². The normalized spacial score (nSPS) is 31.5. The van der Waals surface area contributed by atoms with Crippen molar-refractivity contribution in [2.75, 3.05) is 0 Å². The van der Waals surface area contributed by atoms with Crippen LogP contribution in [0, 0.1) is 16.7 Å². The molecule has 0 aliphatic carbocycles. The average Bonchev–Trinajstić information content (AvgIpc) is 2.30. The van der Waals surface area contributed by atoms with Gasteiger partial charge in [-0.2, -0.15) is 5.26 Å². The van der Waals surface area contributed by atoms with Crippen LogP contribution in [0.25, 0.3) is 0 Å². The van der Waals surface area contributed by atoms with Crippen LogP contribution in [-0.2, 0) is 5.21 Å². The molecule has 1 saturated heterocycles. The van der Waals surface area contributed by atoms with Gasteiger partial charge in [0.1, 0.15) is 0 Å². The highest BCUT2D eigenvalue weighted by Crippen LogP contribution is 2.45. The van der Waals surface area contributed by atoms with Crippen LogP contribution in [0.15, 0.2) is 0 Å².